The maximum absolute atomic E-state index is 12.6. The third kappa shape index (κ3) is 5.71. The molecule has 0 bridgehead atoms. The number of fused-ring (bicyclic) bond motifs is 1. The summed E-state index contributed by atoms with van der Waals surface area (Å²) in [6.45, 7) is 0.278. The van der Waals surface area contributed by atoms with Crippen LogP contribution in [-0.2, 0) is 25.8 Å². The minimum Gasteiger partial charge on any atom is -0.482 e. The van der Waals surface area contributed by atoms with Gasteiger partial charge >= 0.3 is 0 Å². The number of sulfone groups is 1. The molecule has 3 rings (SSSR count). The molecule has 2 N–H and O–H groups in total. The first-order valence-corrected chi connectivity index (χ1v) is 11.2. The van der Waals surface area contributed by atoms with Crippen molar-refractivity contribution < 1.29 is 22.7 Å². The van der Waals surface area contributed by atoms with Gasteiger partial charge in [0.05, 0.1) is 21.4 Å². The first-order chi connectivity index (χ1) is 13.8. The highest BCUT2D eigenvalue weighted by Gasteiger charge is 2.25. The van der Waals surface area contributed by atoms with Gasteiger partial charge in [0.2, 0.25) is 5.91 Å². The Labute approximate surface area is 174 Å². The summed E-state index contributed by atoms with van der Waals surface area (Å²) in [5.41, 5.74) is 1.51. The maximum atomic E-state index is 12.6. The quantitative estimate of drug-likeness (QED) is 0.619. The summed E-state index contributed by atoms with van der Waals surface area (Å²) in [5.74, 6) is -0.812. The van der Waals surface area contributed by atoms with Crippen LogP contribution in [0.2, 0.25) is 5.02 Å². The maximum Gasteiger partial charge on any atom is 0.262 e. The first-order valence-electron chi connectivity index (χ1n) is 9.15. The molecule has 29 heavy (non-hydrogen) atoms. The van der Waals surface area contributed by atoms with Crippen molar-refractivity contribution in [3.8, 4) is 5.75 Å². The van der Waals surface area contributed by atoms with Gasteiger partial charge < -0.3 is 15.4 Å². The van der Waals surface area contributed by atoms with Gasteiger partial charge in [-0.1, -0.05) is 41.9 Å². The van der Waals surface area contributed by atoms with Crippen LogP contribution in [0, 0.1) is 0 Å². The van der Waals surface area contributed by atoms with Crippen molar-refractivity contribution in [2.75, 3.05) is 24.2 Å². The summed E-state index contributed by atoms with van der Waals surface area (Å²) in [6, 6.07) is 12.5. The predicted octanol–water partition coefficient (Wildman–Crippen LogP) is 2.58. The molecule has 0 aromatic heterocycles. The lowest BCUT2D eigenvalue weighted by atomic mass is 10.1. The molecule has 7 nitrogen and oxygen atoms in total. The van der Waals surface area contributed by atoms with Crippen LogP contribution in [-0.4, -0.2) is 39.1 Å². The lowest BCUT2D eigenvalue weighted by molar-refractivity contribution is -0.120. The van der Waals surface area contributed by atoms with Gasteiger partial charge in [-0.15, -0.1) is 0 Å². The molecule has 0 atom stereocenters. The molecular formula is C20H21ClN2O5S. The van der Waals surface area contributed by atoms with E-state index in [0.717, 1.165) is 12.8 Å². The van der Waals surface area contributed by atoms with Gasteiger partial charge in [0.15, 0.2) is 16.4 Å². The summed E-state index contributed by atoms with van der Waals surface area (Å²) in [7, 11) is -3.79. The summed E-state index contributed by atoms with van der Waals surface area (Å²) < 4.78 is 30.5. The number of anilines is 1. The van der Waals surface area contributed by atoms with Crippen LogP contribution in [0.5, 0.6) is 5.75 Å². The number of hydrogen-bond donors (Lipinski definition) is 2. The van der Waals surface area contributed by atoms with Crippen molar-refractivity contribution in [1.82, 2.24) is 5.32 Å². The first kappa shape index (κ1) is 21.1. The molecule has 2 aromatic rings. The second kappa shape index (κ2) is 9.28. The van der Waals surface area contributed by atoms with Gasteiger partial charge in [-0.05, 0) is 24.5 Å². The second-order valence-electron chi connectivity index (χ2n) is 6.62. The highest BCUT2D eigenvalue weighted by atomic mass is 35.5. The summed E-state index contributed by atoms with van der Waals surface area (Å²) in [4.78, 5) is 23.2. The molecule has 0 unspecified atom stereocenters. The lowest BCUT2D eigenvalue weighted by Gasteiger charge is -2.19. The van der Waals surface area contributed by atoms with Crippen LogP contribution < -0.4 is 15.4 Å². The molecule has 2 aromatic carbocycles. The van der Waals surface area contributed by atoms with Crippen molar-refractivity contribution in [2.24, 2.45) is 0 Å². The summed E-state index contributed by atoms with van der Waals surface area (Å²) in [6.07, 6.45) is 1.43. The van der Waals surface area contributed by atoms with Crippen LogP contribution in [0.3, 0.4) is 0 Å². The van der Waals surface area contributed by atoms with E-state index < -0.39 is 9.84 Å². The van der Waals surface area contributed by atoms with Crippen LogP contribution in [0.4, 0.5) is 5.69 Å². The average molecular weight is 437 g/mol. The van der Waals surface area contributed by atoms with E-state index in [1.807, 2.05) is 30.3 Å². The number of benzene rings is 2. The highest BCUT2D eigenvalue weighted by Crippen LogP contribution is 2.36. The Bertz CT molecular complexity index is 1010. The number of ether oxygens (including phenoxy) is 1. The smallest absolute Gasteiger partial charge is 0.262 e. The highest BCUT2D eigenvalue weighted by molar-refractivity contribution is 7.91. The van der Waals surface area contributed by atoms with E-state index in [1.54, 1.807) is 0 Å². The topological polar surface area (TPSA) is 102 Å². The third-order valence-electron chi connectivity index (χ3n) is 4.41. The van der Waals surface area contributed by atoms with E-state index in [9.17, 15) is 18.0 Å². The Morgan fingerprint density at radius 2 is 1.97 bits per heavy atom. The van der Waals surface area contributed by atoms with Gasteiger partial charge in [0.25, 0.3) is 5.91 Å². The van der Waals surface area contributed by atoms with E-state index >= 15 is 0 Å². The van der Waals surface area contributed by atoms with Crippen molar-refractivity contribution >= 4 is 38.9 Å². The number of halogens is 1. The molecule has 1 aliphatic heterocycles. The van der Waals surface area contributed by atoms with Gasteiger partial charge in [-0.3, -0.25) is 9.59 Å². The average Bonchev–Trinajstić information content (AvgIpc) is 2.70. The Morgan fingerprint density at radius 3 is 2.72 bits per heavy atom. The van der Waals surface area contributed by atoms with Gasteiger partial charge in [0, 0.05) is 19.0 Å². The fraction of sp³-hybridized carbons (Fsp3) is 0.300. The third-order valence-corrected chi connectivity index (χ3v) is 6.58. The normalized spacial score (nSPS) is 13.2. The zero-order chi connectivity index (χ0) is 20.9. The van der Waals surface area contributed by atoms with Crippen molar-refractivity contribution in [3.05, 3.63) is 53.1 Å². The Kier molecular flexibility index (Phi) is 6.76. The Balaban J connectivity index is 1.52. The molecule has 0 saturated heterocycles. The molecular weight excluding hydrogens is 416 g/mol. The molecule has 1 heterocycles. The second-order valence-corrected chi connectivity index (χ2v) is 9.11. The van der Waals surface area contributed by atoms with Crippen LogP contribution in [0.1, 0.15) is 18.4 Å². The lowest BCUT2D eigenvalue weighted by Crippen LogP contribution is -2.27. The summed E-state index contributed by atoms with van der Waals surface area (Å²) >= 11 is 6.08. The van der Waals surface area contributed by atoms with Gasteiger partial charge in [0.1, 0.15) is 5.75 Å². The van der Waals surface area contributed by atoms with Crippen molar-refractivity contribution in [1.29, 1.82) is 0 Å². The minimum atomic E-state index is -3.79. The minimum absolute atomic E-state index is 0.0298. The monoisotopic (exact) mass is 436 g/mol. The zero-order valence-corrected chi connectivity index (χ0v) is 17.2. The Hall–Kier alpha value is -2.58. The van der Waals surface area contributed by atoms with Crippen LogP contribution >= 0.6 is 11.6 Å². The molecule has 154 valence electrons. The fourth-order valence-electron chi connectivity index (χ4n) is 2.91. The van der Waals surface area contributed by atoms with E-state index in [-0.39, 0.29) is 46.3 Å². The number of amides is 2. The molecule has 0 aliphatic carbocycles. The number of hydrogen-bond acceptors (Lipinski definition) is 5. The predicted molar refractivity (Wildman–Crippen MR) is 110 cm³/mol. The van der Waals surface area contributed by atoms with E-state index in [2.05, 4.69) is 10.6 Å². The van der Waals surface area contributed by atoms with Crippen molar-refractivity contribution in [3.63, 3.8) is 0 Å². The number of nitrogens with one attached hydrogen (secondary N) is 2. The number of carbonyl (C=O) groups is 2. The fourth-order valence-corrected chi connectivity index (χ4v) is 4.74. The Morgan fingerprint density at radius 1 is 1.21 bits per heavy atom. The standard InChI is InChI=1S/C20H21ClN2O5S/c21-15-11-16-17(28-13-20(25)23-16)12-18(15)29(26,27)10-8-19(24)22-9-4-7-14-5-2-1-3-6-14/h1-3,5-6,11-12H,4,7-10,13H2,(H,22,24)(H,23,25). The van der Waals surface area contributed by atoms with E-state index in [0.29, 0.717) is 12.2 Å². The zero-order valence-electron chi connectivity index (χ0n) is 15.6. The van der Waals surface area contributed by atoms with Gasteiger partial charge in [-0.2, -0.15) is 0 Å². The molecule has 9 heteroatoms. The molecule has 1 aliphatic rings. The van der Waals surface area contributed by atoms with E-state index in [1.165, 1.54) is 17.7 Å². The van der Waals surface area contributed by atoms with Gasteiger partial charge in [-0.25, -0.2) is 8.42 Å². The van der Waals surface area contributed by atoms with Crippen molar-refractivity contribution in [2.45, 2.75) is 24.2 Å². The number of aryl methyl sites for hydroxylation is 1. The summed E-state index contributed by atoms with van der Waals surface area (Å²) in [5, 5.41) is 5.27. The van der Waals surface area contributed by atoms with Crippen LogP contribution in [0.15, 0.2) is 47.4 Å². The van der Waals surface area contributed by atoms with Crippen LogP contribution in [0.25, 0.3) is 0 Å². The molecule has 0 radical (unpaired) electrons. The molecule has 0 spiro atoms. The number of carbonyl (C=O) groups excluding carboxylic acids is 2. The SMILES string of the molecule is O=C(CCS(=O)(=O)c1cc2c(cc1Cl)NC(=O)CO2)NCCCc1ccccc1. The largest absolute Gasteiger partial charge is 0.482 e. The number of rotatable bonds is 8. The molecule has 0 fully saturated rings. The van der Waals surface area contributed by atoms with E-state index in [4.69, 9.17) is 16.3 Å². The molecule has 2 amide bonds. The molecule has 0 saturated carbocycles.